The highest BCUT2D eigenvalue weighted by molar-refractivity contribution is 7.09. The first kappa shape index (κ1) is 9.17. The first-order valence-corrected chi connectivity index (χ1v) is 4.72. The first-order valence-electron chi connectivity index (χ1n) is 3.84. The summed E-state index contributed by atoms with van der Waals surface area (Å²) in [4.78, 5) is 4.17. The predicted molar refractivity (Wildman–Crippen MR) is 48.8 cm³/mol. The van der Waals surface area contributed by atoms with Gasteiger partial charge in [-0.1, -0.05) is 0 Å². The zero-order chi connectivity index (χ0) is 8.81. The van der Waals surface area contributed by atoms with Gasteiger partial charge in [-0.3, -0.25) is 0 Å². The van der Waals surface area contributed by atoms with Crippen LogP contribution in [0.25, 0.3) is 0 Å². The standard InChI is InChI=1S/C8H11N3S/c1-7(10-4-2-3-9)8-11-5-6-12-8/h5-7,10H,2,4H2,1H3. The van der Waals surface area contributed by atoms with E-state index in [1.54, 1.807) is 17.5 Å². The fourth-order valence-electron chi connectivity index (χ4n) is 0.880. The van der Waals surface area contributed by atoms with E-state index in [1.165, 1.54) is 0 Å². The molecule has 0 bridgehead atoms. The van der Waals surface area contributed by atoms with Crippen LogP contribution < -0.4 is 5.32 Å². The largest absolute Gasteiger partial charge is 0.307 e. The van der Waals surface area contributed by atoms with Crippen LogP contribution in [0.15, 0.2) is 11.6 Å². The molecular formula is C8H11N3S. The van der Waals surface area contributed by atoms with E-state index in [0.717, 1.165) is 11.6 Å². The molecule has 1 atom stereocenters. The topological polar surface area (TPSA) is 48.7 Å². The Labute approximate surface area is 76.1 Å². The molecule has 12 heavy (non-hydrogen) atoms. The maximum absolute atomic E-state index is 8.31. The molecule has 4 heteroatoms. The summed E-state index contributed by atoms with van der Waals surface area (Å²) < 4.78 is 0. The van der Waals surface area contributed by atoms with E-state index in [9.17, 15) is 0 Å². The minimum absolute atomic E-state index is 0.262. The van der Waals surface area contributed by atoms with Crippen LogP contribution in [0, 0.1) is 11.3 Å². The van der Waals surface area contributed by atoms with Crippen molar-refractivity contribution in [1.82, 2.24) is 10.3 Å². The van der Waals surface area contributed by atoms with Crippen molar-refractivity contribution in [3.05, 3.63) is 16.6 Å². The molecule has 1 aromatic heterocycles. The van der Waals surface area contributed by atoms with Gasteiger partial charge >= 0.3 is 0 Å². The summed E-state index contributed by atoms with van der Waals surface area (Å²) in [6, 6.07) is 2.35. The van der Waals surface area contributed by atoms with E-state index in [0.29, 0.717) is 6.42 Å². The molecule has 64 valence electrons. The van der Waals surface area contributed by atoms with Crippen LogP contribution in [0.5, 0.6) is 0 Å². The Morgan fingerprint density at radius 2 is 2.67 bits per heavy atom. The number of nitrogens with zero attached hydrogens (tertiary/aromatic N) is 2. The van der Waals surface area contributed by atoms with E-state index >= 15 is 0 Å². The van der Waals surface area contributed by atoms with Crippen molar-refractivity contribution in [2.45, 2.75) is 19.4 Å². The summed E-state index contributed by atoms with van der Waals surface area (Å²) in [5.41, 5.74) is 0. The molecule has 0 amide bonds. The molecule has 0 saturated carbocycles. The van der Waals surface area contributed by atoms with Crippen LogP contribution >= 0.6 is 11.3 Å². The summed E-state index contributed by atoms with van der Waals surface area (Å²) >= 11 is 1.63. The minimum atomic E-state index is 0.262. The highest BCUT2D eigenvalue weighted by atomic mass is 32.1. The van der Waals surface area contributed by atoms with Gasteiger partial charge in [0.2, 0.25) is 0 Å². The Morgan fingerprint density at radius 3 is 3.25 bits per heavy atom. The van der Waals surface area contributed by atoms with Gasteiger partial charge in [-0.2, -0.15) is 5.26 Å². The third kappa shape index (κ3) is 2.61. The number of hydrogen-bond acceptors (Lipinski definition) is 4. The van der Waals surface area contributed by atoms with Gasteiger partial charge in [-0.15, -0.1) is 11.3 Å². The van der Waals surface area contributed by atoms with Crippen molar-refractivity contribution in [2.24, 2.45) is 0 Å². The molecule has 1 rings (SSSR count). The van der Waals surface area contributed by atoms with Crippen molar-refractivity contribution < 1.29 is 0 Å². The molecule has 0 aliphatic heterocycles. The number of rotatable bonds is 4. The van der Waals surface area contributed by atoms with Gasteiger partial charge in [0.05, 0.1) is 12.1 Å². The van der Waals surface area contributed by atoms with Gasteiger partial charge < -0.3 is 5.32 Å². The zero-order valence-electron chi connectivity index (χ0n) is 6.95. The average molecular weight is 181 g/mol. The predicted octanol–water partition coefficient (Wildman–Crippen LogP) is 1.71. The molecule has 0 fully saturated rings. The van der Waals surface area contributed by atoms with Crippen molar-refractivity contribution >= 4 is 11.3 Å². The molecular weight excluding hydrogens is 170 g/mol. The quantitative estimate of drug-likeness (QED) is 0.719. The van der Waals surface area contributed by atoms with Gasteiger partial charge in [0.15, 0.2) is 0 Å². The summed E-state index contributed by atoms with van der Waals surface area (Å²) in [6.07, 6.45) is 2.35. The molecule has 1 aromatic rings. The molecule has 0 radical (unpaired) electrons. The third-order valence-corrected chi connectivity index (χ3v) is 2.47. The first-order chi connectivity index (χ1) is 5.84. The number of nitrogens with one attached hydrogen (secondary N) is 1. The number of hydrogen-bond donors (Lipinski definition) is 1. The van der Waals surface area contributed by atoms with Crippen LogP contribution in [0.3, 0.4) is 0 Å². The number of nitriles is 1. The summed E-state index contributed by atoms with van der Waals surface area (Å²) in [5, 5.41) is 14.6. The lowest BCUT2D eigenvalue weighted by Gasteiger charge is -2.08. The summed E-state index contributed by atoms with van der Waals surface area (Å²) in [5.74, 6) is 0. The van der Waals surface area contributed by atoms with Crippen molar-refractivity contribution in [2.75, 3.05) is 6.54 Å². The highest BCUT2D eigenvalue weighted by Gasteiger charge is 2.05. The van der Waals surface area contributed by atoms with Crippen LogP contribution in [0.1, 0.15) is 24.4 Å². The second-order valence-electron chi connectivity index (χ2n) is 2.45. The summed E-state index contributed by atoms with van der Waals surface area (Å²) in [6.45, 7) is 2.79. The zero-order valence-corrected chi connectivity index (χ0v) is 7.77. The van der Waals surface area contributed by atoms with Crippen LogP contribution in [-0.4, -0.2) is 11.5 Å². The molecule has 3 nitrogen and oxygen atoms in total. The molecule has 0 aromatic carbocycles. The Morgan fingerprint density at radius 1 is 1.83 bits per heavy atom. The molecule has 0 aliphatic rings. The van der Waals surface area contributed by atoms with E-state index < -0.39 is 0 Å². The highest BCUT2D eigenvalue weighted by Crippen LogP contribution is 2.13. The Bertz CT molecular complexity index is 250. The minimum Gasteiger partial charge on any atom is -0.307 e. The van der Waals surface area contributed by atoms with Gasteiger partial charge in [-0.05, 0) is 6.92 Å². The lowest BCUT2D eigenvalue weighted by molar-refractivity contribution is 0.580. The van der Waals surface area contributed by atoms with Crippen LogP contribution in [-0.2, 0) is 0 Å². The van der Waals surface area contributed by atoms with E-state index in [1.807, 2.05) is 5.38 Å². The smallest absolute Gasteiger partial charge is 0.109 e. The molecule has 0 saturated heterocycles. The fraction of sp³-hybridized carbons (Fsp3) is 0.500. The van der Waals surface area contributed by atoms with E-state index in [4.69, 9.17) is 5.26 Å². The van der Waals surface area contributed by atoms with Crippen LogP contribution in [0.4, 0.5) is 0 Å². The molecule has 0 aliphatic carbocycles. The summed E-state index contributed by atoms with van der Waals surface area (Å²) in [7, 11) is 0. The van der Waals surface area contributed by atoms with Gasteiger partial charge in [-0.25, -0.2) is 4.98 Å². The van der Waals surface area contributed by atoms with Gasteiger partial charge in [0.25, 0.3) is 0 Å². The second kappa shape index (κ2) is 4.86. The molecule has 1 unspecified atom stereocenters. The maximum atomic E-state index is 8.31. The Hall–Kier alpha value is -0.920. The van der Waals surface area contributed by atoms with Crippen molar-refractivity contribution in [1.29, 1.82) is 5.26 Å². The Kier molecular flexibility index (Phi) is 3.71. The number of aromatic nitrogens is 1. The maximum Gasteiger partial charge on any atom is 0.109 e. The molecule has 0 spiro atoms. The third-order valence-electron chi connectivity index (χ3n) is 1.51. The fourth-order valence-corrected chi connectivity index (χ4v) is 1.55. The molecule has 1 N–H and O–H groups in total. The monoisotopic (exact) mass is 181 g/mol. The lowest BCUT2D eigenvalue weighted by Crippen LogP contribution is -2.19. The lowest BCUT2D eigenvalue weighted by atomic mass is 10.3. The second-order valence-corrected chi connectivity index (χ2v) is 3.38. The SMILES string of the molecule is CC(NCCC#N)c1nccs1. The Balaban J connectivity index is 2.30. The van der Waals surface area contributed by atoms with Crippen molar-refractivity contribution in [3.8, 4) is 6.07 Å². The van der Waals surface area contributed by atoms with E-state index in [2.05, 4.69) is 23.3 Å². The van der Waals surface area contributed by atoms with Gasteiger partial charge in [0.1, 0.15) is 5.01 Å². The van der Waals surface area contributed by atoms with E-state index in [-0.39, 0.29) is 6.04 Å². The average Bonchev–Trinajstić information content (AvgIpc) is 2.56. The van der Waals surface area contributed by atoms with Crippen molar-refractivity contribution in [3.63, 3.8) is 0 Å². The van der Waals surface area contributed by atoms with Crippen LogP contribution in [0.2, 0.25) is 0 Å². The molecule has 1 heterocycles. The van der Waals surface area contributed by atoms with Gasteiger partial charge in [0, 0.05) is 24.5 Å². The number of thiazole rings is 1. The normalized spacial score (nSPS) is 12.3.